The maximum atomic E-state index is 6.13. The first-order valence-corrected chi connectivity index (χ1v) is 8.31. The first-order chi connectivity index (χ1) is 13.2. The monoisotopic (exact) mass is 355 g/mol. The molecule has 4 rings (SSSR count). The molecule has 6 heteroatoms. The molecular formula is C21H17N5O. The topological polar surface area (TPSA) is 103 Å². The van der Waals surface area contributed by atoms with Crippen LogP contribution in [0.5, 0.6) is 5.75 Å². The molecule has 0 bridgehead atoms. The number of anilines is 2. The summed E-state index contributed by atoms with van der Waals surface area (Å²) in [5.74, 6) is 7.83. The van der Waals surface area contributed by atoms with Crippen molar-refractivity contribution in [2.24, 2.45) is 0 Å². The van der Waals surface area contributed by atoms with Gasteiger partial charge in [-0.3, -0.25) is 5.10 Å². The summed E-state index contributed by atoms with van der Waals surface area (Å²) >= 11 is 0. The molecule has 0 saturated carbocycles. The van der Waals surface area contributed by atoms with Crippen molar-refractivity contribution in [3.63, 3.8) is 0 Å². The smallest absolute Gasteiger partial charge is 0.153 e. The minimum Gasteiger partial charge on any atom is -0.495 e. The van der Waals surface area contributed by atoms with Gasteiger partial charge in [0.15, 0.2) is 5.82 Å². The lowest BCUT2D eigenvalue weighted by molar-refractivity contribution is 0.413. The van der Waals surface area contributed by atoms with E-state index in [2.05, 4.69) is 27.0 Å². The standard InChI is InChI=1S/C21H17N5O/c1-27-19-5-3-2-4-13(19)6-8-16-15(10-11-24-20(16)22)14-7-9-18-17(12-14)21(23)26-25-18/h2-5,7,9-12H,1H3,(H2,22,24)(H3,23,25,26). The van der Waals surface area contributed by atoms with Crippen LogP contribution in [0.2, 0.25) is 0 Å². The zero-order valence-corrected chi connectivity index (χ0v) is 14.7. The number of aromatic nitrogens is 3. The number of H-pyrrole nitrogens is 1. The maximum Gasteiger partial charge on any atom is 0.153 e. The molecule has 0 aliphatic rings. The highest BCUT2D eigenvalue weighted by atomic mass is 16.5. The number of nitrogens with two attached hydrogens (primary N) is 2. The van der Waals surface area contributed by atoms with Gasteiger partial charge < -0.3 is 16.2 Å². The molecular weight excluding hydrogens is 338 g/mol. The largest absolute Gasteiger partial charge is 0.495 e. The Morgan fingerprint density at radius 3 is 2.70 bits per heavy atom. The fourth-order valence-corrected chi connectivity index (χ4v) is 2.93. The highest BCUT2D eigenvalue weighted by Crippen LogP contribution is 2.30. The third-order valence-electron chi connectivity index (χ3n) is 4.31. The molecule has 0 unspecified atom stereocenters. The van der Waals surface area contributed by atoms with E-state index in [9.17, 15) is 0 Å². The number of hydrogen-bond donors (Lipinski definition) is 3. The van der Waals surface area contributed by atoms with E-state index in [-0.39, 0.29) is 0 Å². The quantitative estimate of drug-likeness (QED) is 0.479. The Kier molecular flexibility index (Phi) is 4.11. The molecule has 0 saturated heterocycles. The van der Waals surface area contributed by atoms with Crippen LogP contribution in [0, 0.1) is 11.8 Å². The summed E-state index contributed by atoms with van der Waals surface area (Å²) in [4.78, 5) is 4.19. The molecule has 6 nitrogen and oxygen atoms in total. The number of methoxy groups -OCH3 is 1. The van der Waals surface area contributed by atoms with Crippen LogP contribution in [-0.2, 0) is 0 Å². The third kappa shape index (κ3) is 3.02. The summed E-state index contributed by atoms with van der Waals surface area (Å²) in [6, 6.07) is 15.3. The van der Waals surface area contributed by atoms with Crippen molar-refractivity contribution >= 4 is 22.5 Å². The molecule has 4 aromatic rings. The van der Waals surface area contributed by atoms with Crippen LogP contribution in [0.3, 0.4) is 0 Å². The fraction of sp³-hybridized carbons (Fsp3) is 0.0476. The van der Waals surface area contributed by atoms with Crippen LogP contribution >= 0.6 is 0 Å². The van der Waals surface area contributed by atoms with Crippen molar-refractivity contribution in [2.45, 2.75) is 0 Å². The molecule has 0 aliphatic carbocycles. The van der Waals surface area contributed by atoms with Gasteiger partial charge in [-0.15, -0.1) is 0 Å². The van der Waals surface area contributed by atoms with E-state index >= 15 is 0 Å². The van der Waals surface area contributed by atoms with Crippen molar-refractivity contribution in [1.82, 2.24) is 15.2 Å². The maximum absolute atomic E-state index is 6.13. The first kappa shape index (κ1) is 16.5. The number of nitrogens with one attached hydrogen (secondary N) is 1. The van der Waals surface area contributed by atoms with Gasteiger partial charge in [0.1, 0.15) is 11.6 Å². The average Bonchev–Trinajstić information content (AvgIpc) is 3.07. The summed E-state index contributed by atoms with van der Waals surface area (Å²) in [5.41, 5.74) is 16.2. The number of para-hydroxylation sites is 1. The predicted molar refractivity (Wildman–Crippen MR) is 107 cm³/mol. The predicted octanol–water partition coefficient (Wildman–Crippen LogP) is 3.20. The van der Waals surface area contributed by atoms with E-state index in [1.165, 1.54) is 0 Å². The molecule has 5 N–H and O–H groups in total. The van der Waals surface area contributed by atoms with Gasteiger partial charge in [0.2, 0.25) is 0 Å². The second kappa shape index (κ2) is 6.73. The highest BCUT2D eigenvalue weighted by molar-refractivity contribution is 5.93. The number of hydrogen-bond acceptors (Lipinski definition) is 5. The van der Waals surface area contributed by atoms with E-state index in [0.717, 1.165) is 27.6 Å². The van der Waals surface area contributed by atoms with Crippen molar-refractivity contribution in [2.75, 3.05) is 18.6 Å². The number of nitrogen functional groups attached to an aromatic ring is 2. The van der Waals surface area contributed by atoms with Gasteiger partial charge in [0, 0.05) is 17.1 Å². The molecule has 27 heavy (non-hydrogen) atoms. The summed E-state index contributed by atoms with van der Waals surface area (Å²) < 4.78 is 5.36. The second-order valence-corrected chi connectivity index (χ2v) is 5.94. The van der Waals surface area contributed by atoms with Gasteiger partial charge in [-0.2, -0.15) is 5.10 Å². The van der Waals surface area contributed by atoms with E-state index in [1.54, 1.807) is 13.3 Å². The number of benzene rings is 2. The number of rotatable bonds is 2. The van der Waals surface area contributed by atoms with Gasteiger partial charge in [0.05, 0.1) is 23.8 Å². The Labute approximate surface area is 156 Å². The number of pyridine rings is 1. The minimum atomic E-state index is 0.371. The van der Waals surface area contributed by atoms with Crippen molar-refractivity contribution < 1.29 is 4.74 Å². The van der Waals surface area contributed by atoms with Crippen LogP contribution in [0.1, 0.15) is 11.1 Å². The summed E-state index contributed by atoms with van der Waals surface area (Å²) in [6.45, 7) is 0. The molecule has 2 aromatic heterocycles. The zero-order chi connectivity index (χ0) is 18.8. The Morgan fingerprint density at radius 2 is 1.85 bits per heavy atom. The van der Waals surface area contributed by atoms with Gasteiger partial charge >= 0.3 is 0 Å². The van der Waals surface area contributed by atoms with E-state index in [4.69, 9.17) is 16.2 Å². The Balaban J connectivity index is 1.85. The Bertz CT molecular complexity index is 1200. The molecule has 2 heterocycles. The van der Waals surface area contributed by atoms with Gasteiger partial charge in [-0.05, 0) is 35.9 Å². The summed E-state index contributed by atoms with van der Waals surface area (Å²) in [6.07, 6.45) is 1.67. The van der Waals surface area contributed by atoms with Crippen molar-refractivity contribution in [3.05, 3.63) is 65.9 Å². The lowest BCUT2D eigenvalue weighted by atomic mass is 9.99. The molecule has 0 radical (unpaired) electrons. The molecule has 0 fully saturated rings. The van der Waals surface area contributed by atoms with Gasteiger partial charge in [-0.1, -0.05) is 30.0 Å². The number of ether oxygens (including phenoxy) is 1. The van der Waals surface area contributed by atoms with Gasteiger partial charge in [0.25, 0.3) is 0 Å². The van der Waals surface area contributed by atoms with Crippen LogP contribution < -0.4 is 16.2 Å². The summed E-state index contributed by atoms with van der Waals surface area (Å²) in [5, 5.41) is 7.79. The highest BCUT2D eigenvalue weighted by Gasteiger charge is 2.10. The van der Waals surface area contributed by atoms with Crippen molar-refractivity contribution in [3.8, 4) is 28.7 Å². The van der Waals surface area contributed by atoms with E-state index in [1.807, 2.05) is 48.5 Å². The number of aromatic amines is 1. The SMILES string of the molecule is COc1ccccc1C#Cc1c(-c2ccc3[nH]nc(N)c3c2)ccnc1N. The number of fused-ring (bicyclic) bond motifs is 1. The molecule has 0 atom stereocenters. The number of nitrogens with zero attached hydrogens (tertiary/aromatic N) is 2. The molecule has 132 valence electrons. The Morgan fingerprint density at radius 1 is 1.00 bits per heavy atom. The second-order valence-electron chi connectivity index (χ2n) is 5.94. The average molecular weight is 355 g/mol. The third-order valence-corrected chi connectivity index (χ3v) is 4.31. The molecule has 0 spiro atoms. The molecule has 0 amide bonds. The lowest BCUT2D eigenvalue weighted by Gasteiger charge is -2.07. The van der Waals surface area contributed by atoms with E-state index in [0.29, 0.717) is 22.9 Å². The van der Waals surface area contributed by atoms with Crippen LogP contribution in [0.15, 0.2) is 54.7 Å². The Hall–Kier alpha value is -3.98. The van der Waals surface area contributed by atoms with Crippen molar-refractivity contribution in [1.29, 1.82) is 0 Å². The normalized spacial score (nSPS) is 10.4. The molecule has 2 aromatic carbocycles. The summed E-state index contributed by atoms with van der Waals surface area (Å²) in [7, 11) is 1.62. The minimum absolute atomic E-state index is 0.371. The first-order valence-electron chi connectivity index (χ1n) is 8.31. The zero-order valence-electron chi connectivity index (χ0n) is 14.7. The molecule has 0 aliphatic heterocycles. The van der Waals surface area contributed by atoms with E-state index < -0.39 is 0 Å². The lowest BCUT2D eigenvalue weighted by Crippen LogP contribution is -1.97. The van der Waals surface area contributed by atoms with Crippen LogP contribution in [-0.4, -0.2) is 22.3 Å². The van der Waals surface area contributed by atoms with Crippen LogP contribution in [0.25, 0.3) is 22.0 Å². The van der Waals surface area contributed by atoms with Crippen LogP contribution in [0.4, 0.5) is 11.6 Å². The fourth-order valence-electron chi connectivity index (χ4n) is 2.93. The van der Waals surface area contributed by atoms with Gasteiger partial charge in [-0.25, -0.2) is 4.98 Å².